The fourth-order valence-electron chi connectivity index (χ4n) is 1.80. The van der Waals surface area contributed by atoms with Crippen LogP contribution in [0.25, 0.3) is 16.7 Å². The highest BCUT2D eigenvalue weighted by Gasteiger charge is 2.09. The van der Waals surface area contributed by atoms with Crippen LogP contribution in [0.15, 0.2) is 41.6 Å². The molecule has 18 heavy (non-hydrogen) atoms. The molecule has 0 saturated heterocycles. The number of nitrogens with zero attached hydrogens (tertiary/aromatic N) is 4. The second kappa shape index (κ2) is 3.69. The molecule has 0 atom stereocenters. The maximum absolute atomic E-state index is 11.8. The van der Waals surface area contributed by atoms with E-state index < -0.39 is 0 Å². The van der Waals surface area contributed by atoms with Gasteiger partial charge in [-0.2, -0.15) is 5.10 Å². The van der Waals surface area contributed by atoms with Gasteiger partial charge in [-0.25, -0.2) is 14.3 Å². The van der Waals surface area contributed by atoms with Crippen molar-refractivity contribution >= 4 is 11.0 Å². The molecule has 0 fully saturated rings. The number of benzene rings is 1. The Morgan fingerprint density at radius 1 is 1.22 bits per heavy atom. The topological polar surface area (TPSA) is 78.7 Å². The zero-order chi connectivity index (χ0) is 12.7. The Bertz CT molecular complexity index is 769. The summed E-state index contributed by atoms with van der Waals surface area (Å²) in [5, 5.41) is 4.59. The second-order valence-corrected chi connectivity index (χ2v) is 4.09. The van der Waals surface area contributed by atoms with Crippen LogP contribution in [0.1, 0.15) is 5.56 Å². The summed E-state index contributed by atoms with van der Waals surface area (Å²) in [6.07, 6.45) is 2.77. The molecule has 2 heterocycles. The monoisotopic (exact) mass is 241 g/mol. The number of hydrogen-bond donors (Lipinski definition) is 1. The third-order valence-electron chi connectivity index (χ3n) is 2.79. The first-order chi connectivity index (χ1) is 8.66. The molecule has 6 nitrogen and oxygen atoms in total. The number of nitrogens with two attached hydrogens (primary N) is 1. The fourth-order valence-corrected chi connectivity index (χ4v) is 1.80. The van der Waals surface area contributed by atoms with Gasteiger partial charge in [-0.05, 0) is 19.1 Å². The first-order valence-electron chi connectivity index (χ1n) is 5.44. The lowest BCUT2D eigenvalue weighted by Crippen LogP contribution is -2.26. The van der Waals surface area contributed by atoms with E-state index in [-0.39, 0.29) is 5.56 Å². The van der Waals surface area contributed by atoms with E-state index in [1.165, 1.54) is 12.5 Å². The van der Waals surface area contributed by atoms with E-state index in [4.69, 9.17) is 5.84 Å². The van der Waals surface area contributed by atoms with E-state index in [0.717, 1.165) is 15.9 Å². The van der Waals surface area contributed by atoms with Crippen molar-refractivity contribution in [2.45, 2.75) is 6.92 Å². The minimum atomic E-state index is -0.307. The van der Waals surface area contributed by atoms with Gasteiger partial charge < -0.3 is 5.84 Å². The van der Waals surface area contributed by atoms with E-state index in [2.05, 4.69) is 10.1 Å². The lowest BCUT2D eigenvalue weighted by Gasteiger charge is -2.03. The van der Waals surface area contributed by atoms with Crippen LogP contribution in [0.5, 0.6) is 0 Å². The molecule has 90 valence electrons. The third kappa shape index (κ3) is 1.46. The van der Waals surface area contributed by atoms with Gasteiger partial charge in [0.2, 0.25) is 0 Å². The molecule has 3 rings (SSSR count). The number of aryl methyl sites for hydroxylation is 1. The van der Waals surface area contributed by atoms with E-state index >= 15 is 0 Å². The average molecular weight is 241 g/mol. The lowest BCUT2D eigenvalue weighted by molar-refractivity contribution is 0.873. The van der Waals surface area contributed by atoms with Gasteiger partial charge in [0.25, 0.3) is 5.56 Å². The average Bonchev–Trinajstić information content (AvgIpc) is 2.79. The minimum Gasteiger partial charge on any atom is -0.335 e. The SMILES string of the molecule is Cc1ccc(-n2ncc3c(=O)n(N)cnc32)cc1. The van der Waals surface area contributed by atoms with E-state index in [1.54, 1.807) is 4.68 Å². The molecule has 0 unspecified atom stereocenters. The second-order valence-electron chi connectivity index (χ2n) is 4.09. The molecular weight excluding hydrogens is 230 g/mol. The molecule has 0 bridgehead atoms. The summed E-state index contributed by atoms with van der Waals surface area (Å²) in [6, 6.07) is 7.81. The first kappa shape index (κ1) is 10.5. The van der Waals surface area contributed by atoms with Crippen molar-refractivity contribution < 1.29 is 0 Å². The summed E-state index contributed by atoms with van der Waals surface area (Å²) < 4.78 is 2.57. The molecule has 0 radical (unpaired) electrons. The van der Waals surface area contributed by atoms with Gasteiger partial charge in [0.15, 0.2) is 5.65 Å². The van der Waals surface area contributed by atoms with Gasteiger partial charge in [0, 0.05) is 0 Å². The van der Waals surface area contributed by atoms with Gasteiger partial charge in [0.1, 0.15) is 11.7 Å². The fraction of sp³-hybridized carbons (Fsp3) is 0.0833. The predicted octanol–water partition coefficient (Wildman–Crippen LogP) is 0.604. The summed E-state index contributed by atoms with van der Waals surface area (Å²) in [6.45, 7) is 2.01. The van der Waals surface area contributed by atoms with Crippen LogP contribution in [0.3, 0.4) is 0 Å². The Balaban J connectivity index is 2.28. The van der Waals surface area contributed by atoms with Gasteiger partial charge in [-0.1, -0.05) is 17.7 Å². The predicted molar refractivity (Wildman–Crippen MR) is 68.0 cm³/mol. The van der Waals surface area contributed by atoms with Crippen molar-refractivity contribution in [3.05, 3.63) is 52.7 Å². The molecule has 3 aromatic rings. The molecule has 0 aliphatic heterocycles. The highest BCUT2D eigenvalue weighted by molar-refractivity contribution is 5.74. The molecule has 2 aromatic heterocycles. The van der Waals surface area contributed by atoms with Crippen molar-refractivity contribution in [1.29, 1.82) is 0 Å². The van der Waals surface area contributed by atoms with Crippen molar-refractivity contribution in [2.75, 3.05) is 5.84 Å². The standard InChI is InChI=1S/C12H11N5O/c1-8-2-4-9(5-3-8)17-11-10(6-15-17)12(18)16(13)7-14-11/h2-7H,13H2,1H3. The van der Waals surface area contributed by atoms with Crippen LogP contribution in [0, 0.1) is 6.92 Å². The summed E-state index contributed by atoms with van der Waals surface area (Å²) in [5.41, 5.74) is 2.22. The summed E-state index contributed by atoms with van der Waals surface area (Å²) >= 11 is 0. The molecule has 1 aromatic carbocycles. The maximum atomic E-state index is 11.8. The van der Waals surface area contributed by atoms with Crippen LogP contribution >= 0.6 is 0 Å². The molecule has 0 spiro atoms. The third-order valence-corrected chi connectivity index (χ3v) is 2.79. The Hall–Kier alpha value is -2.63. The van der Waals surface area contributed by atoms with E-state index in [1.807, 2.05) is 31.2 Å². The highest BCUT2D eigenvalue weighted by atomic mass is 16.1. The largest absolute Gasteiger partial charge is 0.335 e. The molecular formula is C12H11N5O. The molecule has 0 aliphatic rings. The number of nitrogen functional groups attached to an aromatic ring is 1. The Labute approximate surface area is 102 Å². The van der Waals surface area contributed by atoms with Crippen molar-refractivity contribution in [1.82, 2.24) is 19.4 Å². The van der Waals surface area contributed by atoms with Crippen molar-refractivity contribution in [2.24, 2.45) is 0 Å². The zero-order valence-electron chi connectivity index (χ0n) is 9.74. The van der Waals surface area contributed by atoms with E-state index in [0.29, 0.717) is 11.0 Å². The van der Waals surface area contributed by atoms with Crippen molar-refractivity contribution in [3.63, 3.8) is 0 Å². The Morgan fingerprint density at radius 3 is 2.67 bits per heavy atom. The number of rotatable bonds is 1. The minimum absolute atomic E-state index is 0.307. The van der Waals surface area contributed by atoms with Gasteiger partial charge in [0.05, 0.1) is 11.9 Å². The summed E-state index contributed by atoms with van der Waals surface area (Å²) in [7, 11) is 0. The van der Waals surface area contributed by atoms with Crippen LogP contribution in [-0.2, 0) is 0 Å². The quantitative estimate of drug-likeness (QED) is 0.633. The Morgan fingerprint density at radius 2 is 1.94 bits per heavy atom. The number of hydrogen-bond acceptors (Lipinski definition) is 4. The zero-order valence-corrected chi connectivity index (χ0v) is 9.74. The summed E-state index contributed by atoms with van der Waals surface area (Å²) in [5.74, 6) is 5.46. The molecule has 0 saturated carbocycles. The van der Waals surface area contributed by atoms with Gasteiger partial charge in [-0.15, -0.1) is 0 Å². The smallest absolute Gasteiger partial charge is 0.282 e. The van der Waals surface area contributed by atoms with Crippen LogP contribution < -0.4 is 11.4 Å². The highest BCUT2D eigenvalue weighted by Crippen LogP contribution is 2.13. The summed E-state index contributed by atoms with van der Waals surface area (Å²) in [4.78, 5) is 15.9. The van der Waals surface area contributed by atoms with Gasteiger partial charge >= 0.3 is 0 Å². The molecule has 6 heteroatoms. The van der Waals surface area contributed by atoms with Crippen LogP contribution in [-0.4, -0.2) is 19.4 Å². The number of aromatic nitrogens is 4. The molecule has 0 amide bonds. The van der Waals surface area contributed by atoms with Crippen LogP contribution in [0.4, 0.5) is 0 Å². The molecule has 0 aliphatic carbocycles. The van der Waals surface area contributed by atoms with E-state index in [9.17, 15) is 4.79 Å². The number of fused-ring (bicyclic) bond motifs is 1. The normalized spacial score (nSPS) is 10.9. The first-order valence-corrected chi connectivity index (χ1v) is 5.44. The van der Waals surface area contributed by atoms with Crippen molar-refractivity contribution in [3.8, 4) is 5.69 Å². The Kier molecular flexibility index (Phi) is 2.16. The lowest BCUT2D eigenvalue weighted by atomic mass is 10.2. The van der Waals surface area contributed by atoms with Gasteiger partial charge in [-0.3, -0.25) is 4.79 Å². The maximum Gasteiger partial charge on any atom is 0.282 e. The van der Waals surface area contributed by atoms with Crippen LogP contribution in [0.2, 0.25) is 0 Å². The molecule has 2 N–H and O–H groups in total.